The standard InChI is InChI=1S/C15H22O/c1-9(2)13-7-6-12-8-11(5)14(12)15(13)16-10(3)4/h6-7,9-11H,8H2,1-5H3/t11-/m0/s1. The first-order valence-electron chi connectivity index (χ1n) is 6.33. The van der Waals surface area contributed by atoms with E-state index >= 15 is 0 Å². The Hall–Kier alpha value is -0.980. The van der Waals surface area contributed by atoms with Gasteiger partial charge in [0.2, 0.25) is 0 Å². The van der Waals surface area contributed by atoms with Gasteiger partial charge in [-0.1, -0.05) is 32.9 Å². The van der Waals surface area contributed by atoms with Crippen molar-refractivity contribution >= 4 is 0 Å². The highest BCUT2D eigenvalue weighted by Crippen LogP contribution is 2.45. The Kier molecular flexibility index (Phi) is 2.96. The lowest BCUT2D eigenvalue weighted by Gasteiger charge is -2.32. The molecule has 0 bridgehead atoms. The van der Waals surface area contributed by atoms with Crippen molar-refractivity contribution < 1.29 is 4.74 Å². The molecule has 0 N–H and O–H groups in total. The molecule has 88 valence electrons. The van der Waals surface area contributed by atoms with E-state index in [9.17, 15) is 0 Å². The van der Waals surface area contributed by atoms with Gasteiger partial charge >= 0.3 is 0 Å². The van der Waals surface area contributed by atoms with Crippen LogP contribution in [-0.4, -0.2) is 6.10 Å². The molecule has 1 aromatic carbocycles. The Balaban J connectivity index is 2.47. The molecule has 0 unspecified atom stereocenters. The van der Waals surface area contributed by atoms with Crippen molar-refractivity contribution in [2.45, 2.75) is 59.0 Å². The quantitative estimate of drug-likeness (QED) is 0.736. The number of rotatable bonds is 3. The molecule has 0 fully saturated rings. The third-order valence-corrected chi connectivity index (χ3v) is 3.31. The van der Waals surface area contributed by atoms with Crippen molar-refractivity contribution in [3.05, 3.63) is 28.8 Å². The summed E-state index contributed by atoms with van der Waals surface area (Å²) in [6.07, 6.45) is 1.47. The molecule has 0 spiro atoms. The summed E-state index contributed by atoms with van der Waals surface area (Å²) in [6.45, 7) is 11.0. The van der Waals surface area contributed by atoms with E-state index in [2.05, 4.69) is 46.8 Å². The highest BCUT2D eigenvalue weighted by Gasteiger charge is 2.29. The molecule has 0 aliphatic heterocycles. The van der Waals surface area contributed by atoms with Gasteiger partial charge in [0.25, 0.3) is 0 Å². The highest BCUT2D eigenvalue weighted by molar-refractivity contribution is 5.54. The van der Waals surface area contributed by atoms with E-state index in [1.165, 1.54) is 28.9 Å². The van der Waals surface area contributed by atoms with Gasteiger partial charge in [-0.25, -0.2) is 0 Å². The largest absolute Gasteiger partial charge is 0.490 e. The zero-order valence-electron chi connectivity index (χ0n) is 11.0. The maximum Gasteiger partial charge on any atom is 0.126 e. The fraction of sp³-hybridized carbons (Fsp3) is 0.600. The van der Waals surface area contributed by atoms with E-state index in [0.717, 1.165) is 0 Å². The number of hydrogen-bond acceptors (Lipinski definition) is 1. The third kappa shape index (κ3) is 1.83. The summed E-state index contributed by atoms with van der Waals surface area (Å²) in [5, 5.41) is 0. The first-order valence-corrected chi connectivity index (χ1v) is 6.33. The Morgan fingerprint density at radius 3 is 2.38 bits per heavy atom. The van der Waals surface area contributed by atoms with Crippen molar-refractivity contribution in [1.29, 1.82) is 0 Å². The number of benzene rings is 1. The van der Waals surface area contributed by atoms with E-state index in [-0.39, 0.29) is 6.10 Å². The van der Waals surface area contributed by atoms with Gasteiger partial charge in [0, 0.05) is 5.56 Å². The van der Waals surface area contributed by atoms with Crippen LogP contribution in [0.5, 0.6) is 5.75 Å². The van der Waals surface area contributed by atoms with Crippen molar-refractivity contribution in [2.24, 2.45) is 0 Å². The molecule has 0 amide bonds. The van der Waals surface area contributed by atoms with Crippen LogP contribution >= 0.6 is 0 Å². The maximum absolute atomic E-state index is 6.04. The molecule has 0 heterocycles. The summed E-state index contributed by atoms with van der Waals surface area (Å²) in [7, 11) is 0. The predicted octanol–water partition coefficient (Wildman–Crippen LogP) is 4.26. The fourth-order valence-corrected chi connectivity index (χ4v) is 2.50. The van der Waals surface area contributed by atoms with E-state index in [1.54, 1.807) is 0 Å². The average molecular weight is 218 g/mol. The van der Waals surface area contributed by atoms with Crippen LogP contribution in [0.4, 0.5) is 0 Å². The lowest BCUT2D eigenvalue weighted by Crippen LogP contribution is -2.19. The van der Waals surface area contributed by atoms with Gasteiger partial charge in [0.15, 0.2) is 0 Å². The Morgan fingerprint density at radius 1 is 1.19 bits per heavy atom. The molecule has 1 aliphatic rings. The Bertz CT molecular complexity index is 391. The number of hydrogen-bond donors (Lipinski definition) is 0. The highest BCUT2D eigenvalue weighted by atomic mass is 16.5. The molecule has 16 heavy (non-hydrogen) atoms. The van der Waals surface area contributed by atoms with Gasteiger partial charge in [0.1, 0.15) is 5.75 Å². The molecular weight excluding hydrogens is 196 g/mol. The number of ether oxygens (including phenoxy) is 1. The monoisotopic (exact) mass is 218 g/mol. The molecule has 1 aromatic rings. The molecule has 0 saturated carbocycles. The zero-order valence-corrected chi connectivity index (χ0v) is 11.0. The van der Waals surface area contributed by atoms with Crippen LogP contribution in [0.1, 0.15) is 63.1 Å². The molecule has 0 saturated heterocycles. The number of fused-ring (bicyclic) bond motifs is 1. The van der Waals surface area contributed by atoms with E-state index in [0.29, 0.717) is 11.8 Å². The second-order valence-corrected chi connectivity index (χ2v) is 5.48. The first kappa shape index (κ1) is 11.5. The summed E-state index contributed by atoms with van der Waals surface area (Å²) in [4.78, 5) is 0. The molecule has 2 rings (SSSR count). The summed E-state index contributed by atoms with van der Waals surface area (Å²) in [5.74, 6) is 2.37. The zero-order chi connectivity index (χ0) is 11.9. The van der Waals surface area contributed by atoms with Gasteiger partial charge in [-0.05, 0) is 43.2 Å². The summed E-state index contributed by atoms with van der Waals surface area (Å²) in [5.41, 5.74) is 4.30. The minimum absolute atomic E-state index is 0.261. The van der Waals surface area contributed by atoms with E-state index in [4.69, 9.17) is 4.74 Å². The molecule has 1 atom stereocenters. The second-order valence-electron chi connectivity index (χ2n) is 5.48. The van der Waals surface area contributed by atoms with Crippen molar-refractivity contribution in [2.75, 3.05) is 0 Å². The minimum atomic E-state index is 0.261. The topological polar surface area (TPSA) is 9.23 Å². The molecule has 1 nitrogen and oxygen atoms in total. The fourth-order valence-electron chi connectivity index (χ4n) is 2.50. The van der Waals surface area contributed by atoms with Crippen molar-refractivity contribution in [1.82, 2.24) is 0 Å². The van der Waals surface area contributed by atoms with Crippen LogP contribution in [0.2, 0.25) is 0 Å². The lowest BCUT2D eigenvalue weighted by atomic mass is 9.76. The van der Waals surface area contributed by atoms with Crippen LogP contribution in [-0.2, 0) is 6.42 Å². The van der Waals surface area contributed by atoms with Crippen LogP contribution in [0, 0.1) is 0 Å². The normalized spacial score (nSPS) is 18.6. The van der Waals surface area contributed by atoms with Crippen molar-refractivity contribution in [3.63, 3.8) is 0 Å². The molecule has 1 aliphatic carbocycles. The SMILES string of the molecule is CC(C)Oc1c(C(C)C)ccc2c1[C@@H](C)C2. The van der Waals surface area contributed by atoms with Crippen LogP contribution in [0.15, 0.2) is 12.1 Å². The van der Waals surface area contributed by atoms with Crippen LogP contribution in [0.3, 0.4) is 0 Å². The van der Waals surface area contributed by atoms with Crippen LogP contribution < -0.4 is 4.74 Å². The first-order chi connectivity index (χ1) is 7.50. The summed E-state index contributed by atoms with van der Waals surface area (Å²) < 4.78 is 6.04. The summed E-state index contributed by atoms with van der Waals surface area (Å²) >= 11 is 0. The third-order valence-electron chi connectivity index (χ3n) is 3.31. The van der Waals surface area contributed by atoms with Gasteiger partial charge in [0.05, 0.1) is 6.10 Å². The van der Waals surface area contributed by atoms with Gasteiger partial charge in [-0.2, -0.15) is 0 Å². The Morgan fingerprint density at radius 2 is 1.88 bits per heavy atom. The van der Waals surface area contributed by atoms with Gasteiger partial charge in [-0.15, -0.1) is 0 Å². The molecule has 0 aromatic heterocycles. The van der Waals surface area contributed by atoms with Crippen LogP contribution in [0.25, 0.3) is 0 Å². The van der Waals surface area contributed by atoms with E-state index in [1.807, 2.05) is 0 Å². The molecule has 1 heteroatoms. The minimum Gasteiger partial charge on any atom is -0.490 e. The average Bonchev–Trinajstić information content (AvgIpc) is 2.14. The van der Waals surface area contributed by atoms with E-state index < -0.39 is 0 Å². The smallest absolute Gasteiger partial charge is 0.126 e. The summed E-state index contributed by atoms with van der Waals surface area (Å²) in [6, 6.07) is 4.52. The lowest BCUT2D eigenvalue weighted by molar-refractivity contribution is 0.233. The molecular formula is C15H22O. The second kappa shape index (κ2) is 4.12. The van der Waals surface area contributed by atoms with Gasteiger partial charge < -0.3 is 4.74 Å². The predicted molar refractivity (Wildman–Crippen MR) is 68.4 cm³/mol. The Labute approximate surface area is 98.8 Å². The molecule has 0 radical (unpaired) electrons. The van der Waals surface area contributed by atoms with Crippen molar-refractivity contribution in [3.8, 4) is 5.75 Å². The maximum atomic E-state index is 6.04. The van der Waals surface area contributed by atoms with Gasteiger partial charge in [-0.3, -0.25) is 0 Å².